The molecule has 0 bridgehead atoms. The maximum atomic E-state index is 13.3. The lowest BCUT2D eigenvalue weighted by atomic mass is 9.92. The number of hydrogen-bond acceptors (Lipinski definition) is 5. The summed E-state index contributed by atoms with van der Waals surface area (Å²) in [6.45, 7) is 10.1. The molecule has 3 heterocycles. The lowest BCUT2D eigenvalue weighted by molar-refractivity contribution is 0.102. The number of aromatic nitrogens is 5. The van der Waals surface area contributed by atoms with Crippen molar-refractivity contribution in [3.8, 4) is 5.95 Å². The fourth-order valence-corrected chi connectivity index (χ4v) is 3.23. The molecule has 0 spiro atoms. The second-order valence-electron chi connectivity index (χ2n) is 8.41. The van der Waals surface area contributed by atoms with Gasteiger partial charge in [0, 0.05) is 35.0 Å². The third kappa shape index (κ3) is 3.78. The Morgan fingerprint density at radius 3 is 2.47 bits per heavy atom. The Bertz CT molecular complexity index is 1240. The van der Waals surface area contributed by atoms with Crippen molar-refractivity contribution < 1.29 is 4.79 Å². The Morgan fingerprint density at radius 2 is 1.77 bits per heavy atom. The van der Waals surface area contributed by atoms with Crippen LogP contribution in [0.3, 0.4) is 0 Å². The maximum absolute atomic E-state index is 13.3. The van der Waals surface area contributed by atoms with Gasteiger partial charge in [-0.05, 0) is 38.1 Å². The van der Waals surface area contributed by atoms with E-state index in [4.69, 9.17) is 0 Å². The average molecular weight is 400 g/mol. The van der Waals surface area contributed by atoms with Crippen LogP contribution in [-0.2, 0) is 5.41 Å². The van der Waals surface area contributed by atoms with Gasteiger partial charge in [-0.2, -0.15) is 9.78 Å². The number of aryl methyl sites for hydroxylation is 2. The van der Waals surface area contributed by atoms with E-state index in [0.717, 1.165) is 27.9 Å². The highest BCUT2D eigenvalue weighted by Gasteiger charge is 2.23. The Labute approximate surface area is 175 Å². The fourth-order valence-electron chi connectivity index (χ4n) is 3.23. The quantitative estimate of drug-likeness (QED) is 0.552. The highest BCUT2D eigenvalue weighted by molar-refractivity contribution is 6.12. The first kappa shape index (κ1) is 19.7. The number of carbonyl (C=O) groups excluding carboxylic acids is 1. The van der Waals surface area contributed by atoms with Gasteiger partial charge >= 0.3 is 0 Å². The summed E-state index contributed by atoms with van der Waals surface area (Å²) in [4.78, 5) is 26.4. The number of pyridine rings is 1. The van der Waals surface area contributed by atoms with Gasteiger partial charge in [0.05, 0.1) is 16.8 Å². The van der Waals surface area contributed by atoms with Crippen molar-refractivity contribution in [1.29, 1.82) is 0 Å². The highest BCUT2D eigenvalue weighted by atomic mass is 16.1. The number of benzene rings is 1. The van der Waals surface area contributed by atoms with Gasteiger partial charge in [-0.25, -0.2) is 9.97 Å². The largest absolute Gasteiger partial charge is 0.306 e. The standard InChI is InChI=1S/C23H24N6O/c1-14-7-8-18-16(11-14)17(12-15(2)26-18)21(30)27-20-13-19(23(3,4)5)28-29(20)22-24-9-6-10-25-22/h6-13H,1-5H3,(H,27,30). The molecule has 0 aliphatic heterocycles. The molecule has 0 aliphatic rings. The molecule has 4 rings (SSSR count). The molecule has 0 fully saturated rings. The summed E-state index contributed by atoms with van der Waals surface area (Å²) in [5.74, 6) is 0.690. The molecule has 4 aromatic rings. The molecule has 152 valence electrons. The summed E-state index contributed by atoms with van der Waals surface area (Å²) < 4.78 is 1.57. The van der Waals surface area contributed by atoms with E-state index in [9.17, 15) is 4.79 Å². The van der Waals surface area contributed by atoms with Gasteiger partial charge in [0.2, 0.25) is 0 Å². The van der Waals surface area contributed by atoms with Crippen LogP contribution >= 0.6 is 0 Å². The smallest absolute Gasteiger partial charge is 0.257 e. The van der Waals surface area contributed by atoms with Gasteiger partial charge in [-0.15, -0.1) is 0 Å². The van der Waals surface area contributed by atoms with Crippen molar-refractivity contribution in [3.05, 3.63) is 71.3 Å². The van der Waals surface area contributed by atoms with Crippen LogP contribution in [0.15, 0.2) is 48.8 Å². The van der Waals surface area contributed by atoms with Gasteiger partial charge < -0.3 is 5.32 Å². The molecule has 1 aromatic carbocycles. The number of hydrogen-bond donors (Lipinski definition) is 1. The first-order valence-electron chi connectivity index (χ1n) is 9.80. The van der Waals surface area contributed by atoms with E-state index in [1.54, 1.807) is 23.1 Å². The zero-order chi connectivity index (χ0) is 21.5. The van der Waals surface area contributed by atoms with E-state index >= 15 is 0 Å². The van der Waals surface area contributed by atoms with Crippen molar-refractivity contribution in [2.75, 3.05) is 5.32 Å². The van der Waals surface area contributed by atoms with Crippen LogP contribution in [0, 0.1) is 13.8 Å². The fraction of sp³-hybridized carbons (Fsp3) is 0.261. The van der Waals surface area contributed by atoms with E-state index < -0.39 is 0 Å². The minimum atomic E-state index is -0.228. The van der Waals surface area contributed by atoms with E-state index in [1.165, 1.54) is 0 Å². The first-order valence-corrected chi connectivity index (χ1v) is 9.80. The molecule has 0 radical (unpaired) electrons. The van der Waals surface area contributed by atoms with E-state index in [2.05, 4.69) is 46.1 Å². The van der Waals surface area contributed by atoms with Gasteiger partial charge in [-0.1, -0.05) is 32.4 Å². The van der Waals surface area contributed by atoms with Crippen molar-refractivity contribution in [2.45, 2.75) is 40.0 Å². The van der Waals surface area contributed by atoms with Crippen LogP contribution in [0.1, 0.15) is 48.1 Å². The summed E-state index contributed by atoms with van der Waals surface area (Å²) in [5.41, 5.74) is 3.85. The van der Waals surface area contributed by atoms with Crippen molar-refractivity contribution in [3.63, 3.8) is 0 Å². The molecule has 7 heteroatoms. The van der Waals surface area contributed by atoms with Crippen molar-refractivity contribution in [1.82, 2.24) is 24.7 Å². The predicted octanol–water partition coefficient (Wildman–Crippen LogP) is 4.38. The lowest BCUT2D eigenvalue weighted by Crippen LogP contribution is -2.17. The Morgan fingerprint density at radius 1 is 1.03 bits per heavy atom. The van der Waals surface area contributed by atoms with Crippen LogP contribution in [0.4, 0.5) is 5.82 Å². The molecule has 7 nitrogen and oxygen atoms in total. The highest BCUT2D eigenvalue weighted by Crippen LogP contribution is 2.27. The predicted molar refractivity (Wildman–Crippen MR) is 117 cm³/mol. The monoisotopic (exact) mass is 400 g/mol. The second-order valence-corrected chi connectivity index (χ2v) is 8.41. The second kappa shape index (κ2) is 7.33. The van der Waals surface area contributed by atoms with Crippen molar-refractivity contribution >= 4 is 22.6 Å². The zero-order valence-electron chi connectivity index (χ0n) is 17.8. The SMILES string of the molecule is Cc1ccc2nc(C)cc(C(=O)Nc3cc(C(C)(C)C)nn3-c3ncccn3)c2c1. The summed E-state index contributed by atoms with van der Waals surface area (Å²) in [5, 5.41) is 8.48. The number of fused-ring (bicyclic) bond motifs is 1. The molecule has 1 amide bonds. The Hall–Kier alpha value is -3.61. The molecule has 1 N–H and O–H groups in total. The summed E-state index contributed by atoms with van der Waals surface area (Å²) in [6.07, 6.45) is 3.30. The van der Waals surface area contributed by atoms with Gasteiger partial charge in [0.1, 0.15) is 5.82 Å². The maximum Gasteiger partial charge on any atom is 0.257 e. The van der Waals surface area contributed by atoms with Crippen LogP contribution in [0.2, 0.25) is 0 Å². The lowest BCUT2D eigenvalue weighted by Gasteiger charge is -2.13. The average Bonchev–Trinajstić information content (AvgIpc) is 3.12. The molecular formula is C23H24N6O. The number of anilines is 1. The molecule has 0 saturated heterocycles. The topological polar surface area (TPSA) is 85.6 Å². The third-order valence-corrected chi connectivity index (χ3v) is 4.80. The molecular weight excluding hydrogens is 376 g/mol. The van der Waals surface area contributed by atoms with E-state index in [-0.39, 0.29) is 11.3 Å². The molecule has 0 aliphatic carbocycles. The molecule has 0 unspecified atom stereocenters. The summed E-state index contributed by atoms with van der Waals surface area (Å²) >= 11 is 0. The molecule has 3 aromatic heterocycles. The number of amides is 1. The normalized spacial score (nSPS) is 11.6. The van der Waals surface area contributed by atoms with E-state index in [1.807, 2.05) is 44.2 Å². The minimum Gasteiger partial charge on any atom is -0.306 e. The third-order valence-electron chi connectivity index (χ3n) is 4.80. The van der Waals surface area contributed by atoms with Crippen LogP contribution < -0.4 is 5.32 Å². The van der Waals surface area contributed by atoms with Crippen molar-refractivity contribution in [2.24, 2.45) is 0 Å². The Balaban J connectivity index is 1.80. The Kier molecular flexibility index (Phi) is 4.81. The van der Waals surface area contributed by atoms with Crippen LogP contribution in [0.25, 0.3) is 16.9 Å². The van der Waals surface area contributed by atoms with Crippen LogP contribution in [-0.4, -0.2) is 30.6 Å². The van der Waals surface area contributed by atoms with Gasteiger partial charge in [0.15, 0.2) is 0 Å². The first-order chi connectivity index (χ1) is 14.2. The minimum absolute atomic E-state index is 0.198. The number of nitrogens with one attached hydrogen (secondary N) is 1. The van der Waals surface area contributed by atoms with E-state index in [0.29, 0.717) is 17.3 Å². The van der Waals surface area contributed by atoms with Crippen LogP contribution in [0.5, 0.6) is 0 Å². The summed E-state index contributed by atoms with van der Waals surface area (Å²) in [7, 11) is 0. The zero-order valence-corrected chi connectivity index (χ0v) is 17.8. The molecule has 0 atom stereocenters. The number of nitrogens with zero attached hydrogens (tertiary/aromatic N) is 5. The number of rotatable bonds is 3. The molecule has 0 saturated carbocycles. The number of carbonyl (C=O) groups is 1. The van der Waals surface area contributed by atoms with Gasteiger partial charge in [0.25, 0.3) is 11.9 Å². The molecule has 30 heavy (non-hydrogen) atoms. The summed E-state index contributed by atoms with van der Waals surface area (Å²) in [6, 6.07) is 11.3. The van der Waals surface area contributed by atoms with Gasteiger partial charge in [-0.3, -0.25) is 9.78 Å².